The number of aliphatic hydroxyl groups is 2. The molecule has 0 aromatic rings. The Morgan fingerprint density at radius 3 is 1.50 bits per heavy atom. The topological polar surface area (TPSA) is 95.9 Å². The van der Waals surface area contributed by atoms with Gasteiger partial charge in [0.1, 0.15) is 6.10 Å². The van der Waals surface area contributed by atoms with Crippen LogP contribution in [-0.4, -0.2) is 46.9 Å². The molecule has 0 rings (SSSR count). The molecule has 0 aliphatic carbocycles. The summed E-state index contributed by atoms with van der Waals surface area (Å²) in [6.45, 7) is 6.24. The van der Waals surface area contributed by atoms with Crippen molar-refractivity contribution in [2.24, 2.45) is 0 Å². The molecule has 1 amide bonds. The van der Waals surface area contributed by atoms with Gasteiger partial charge in [0, 0.05) is 6.42 Å². The molecular formula is C56H99NO5. The Balaban J connectivity index is 4.60. The molecule has 358 valence electrons. The maximum absolute atomic E-state index is 13.2. The maximum Gasteiger partial charge on any atom is 0.306 e. The van der Waals surface area contributed by atoms with Gasteiger partial charge in [-0.25, -0.2) is 0 Å². The van der Waals surface area contributed by atoms with E-state index >= 15 is 0 Å². The number of hydrogen-bond donors (Lipinski definition) is 3. The highest BCUT2D eigenvalue weighted by atomic mass is 16.5. The SMILES string of the molecule is CC/C=C/C=C/C=C\CCCCCCCC(=O)OC(CCCCCC/C=C/C/C=C/C/C=C/CC)CC(=O)NC(CO)C(O)CCCCCCCCCCCCCCCCCC. The van der Waals surface area contributed by atoms with Crippen LogP contribution >= 0.6 is 0 Å². The van der Waals surface area contributed by atoms with Gasteiger partial charge < -0.3 is 20.3 Å². The van der Waals surface area contributed by atoms with Gasteiger partial charge in [-0.05, 0) is 77.0 Å². The number of unbranched alkanes of at least 4 members (excludes halogenated alkanes) is 24. The van der Waals surface area contributed by atoms with Crippen LogP contribution in [0.3, 0.4) is 0 Å². The molecule has 0 saturated heterocycles. The number of esters is 1. The molecule has 0 fully saturated rings. The number of carbonyl (C=O) groups is 2. The van der Waals surface area contributed by atoms with Crippen molar-refractivity contribution >= 4 is 11.9 Å². The van der Waals surface area contributed by atoms with Crippen LogP contribution in [0.15, 0.2) is 72.9 Å². The predicted molar refractivity (Wildman–Crippen MR) is 268 cm³/mol. The van der Waals surface area contributed by atoms with Gasteiger partial charge in [0.15, 0.2) is 0 Å². The summed E-state index contributed by atoms with van der Waals surface area (Å²) in [4.78, 5) is 26.1. The predicted octanol–water partition coefficient (Wildman–Crippen LogP) is 15.8. The third-order valence-corrected chi connectivity index (χ3v) is 11.6. The number of hydrogen-bond acceptors (Lipinski definition) is 5. The van der Waals surface area contributed by atoms with Gasteiger partial charge in [0.2, 0.25) is 5.91 Å². The van der Waals surface area contributed by atoms with Crippen molar-refractivity contribution in [3.63, 3.8) is 0 Å². The van der Waals surface area contributed by atoms with E-state index in [1.54, 1.807) is 0 Å². The molecule has 3 N–H and O–H groups in total. The van der Waals surface area contributed by atoms with Crippen LogP contribution in [-0.2, 0) is 14.3 Å². The Morgan fingerprint density at radius 2 is 0.952 bits per heavy atom. The highest BCUT2D eigenvalue weighted by Crippen LogP contribution is 2.18. The number of amides is 1. The monoisotopic (exact) mass is 866 g/mol. The van der Waals surface area contributed by atoms with E-state index in [1.807, 2.05) is 0 Å². The van der Waals surface area contributed by atoms with Crippen molar-refractivity contribution < 1.29 is 24.5 Å². The van der Waals surface area contributed by atoms with Crippen LogP contribution in [0.25, 0.3) is 0 Å². The zero-order valence-electron chi connectivity index (χ0n) is 40.7. The zero-order valence-corrected chi connectivity index (χ0v) is 40.7. The molecule has 0 saturated carbocycles. The summed E-state index contributed by atoms with van der Waals surface area (Å²) in [5.74, 6) is -0.520. The highest BCUT2D eigenvalue weighted by molar-refractivity contribution is 5.77. The second-order valence-electron chi connectivity index (χ2n) is 17.6. The molecule has 6 heteroatoms. The first kappa shape index (κ1) is 59.3. The van der Waals surface area contributed by atoms with Crippen molar-refractivity contribution in [2.75, 3.05) is 6.61 Å². The average Bonchev–Trinajstić information content (AvgIpc) is 3.26. The smallest absolute Gasteiger partial charge is 0.306 e. The minimum Gasteiger partial charge on any atom is -0.462 e. The first-order chi connectivity index (χ1) is 30.5. The van der Waals surface area contributed by atoms with Crippen LogP contribution in [0.5, 0.6) is 0 Å². The number of allylic oxidation sites excluding steroid dienone is 12. The van der Waals surface area contributed by atoms with Crippen LogP contribution in [0.1, 0.15) is 245 Å². The summed E-state index contributed by atoms with van der Waals surface area (Å²) >= 11 is 0. The molecule has 0 heterocycles. The summed E-state index contributed by atoms with van der Waals surface area (Å²) in [6.07, 6.45) is 62.5. The highest BCUT2D eigenvalue weighted by Gasteiger charge is 2.24. The molecule has 0 radical (unpaired) electrons. The van der Waals surface area contributed by atoms with Crippen molar-refractivity contribution in [3.8, 4) is 0 Å². The number of nitrogens with one attached hydrogen (secondary N) is 1. The van der Waals surface area contributed by atoms with E-state index < -0.39 is 18.2 Å². The minimum atomic E-state index is -0.801. The zero-order chi connectivity index (χ0) is 45.2. The fourth-order valence-corrected chi connectivity index (χ4v) is 7.68. The maximum atomic E-state index is 13.2. The van der Waals surface area contributed by atoms with Gasteiger partial charge >= 0.3 is 5.97 Å². The molecule has 3 unspecified atom stereocenters. The van der Waals surface area contributed by atoms with Crippen molar-refractivity contribution in [3.05, 3.63) is 72.9 Å². The first-order valence-corrected chi connectivity index (χ1v) is 26.2. The Bertz CT molecular complexity index is 1150. The molecule has 0 spiro atoms. The third kappa shape index (κ3) is 43.9. The molecular weight excluding hydrogens is 767 g/mol. The van der Waals surface area contributed by atoms with Crippen LogP contribution < -0.4 is 5.32 Å². The van der Waals surface area contributed by atoms with Gasteiger partial charge in [0.25, 0.3) is 0 Å². The number of ether oxygens (including phenoxy) is 1. The second kappa shape index (κ2) is 49.3. The van der Waals surface area contributed by atoms with E-state index in [9.17, 15) is 19.8 Å². The van der Waals surface area contributed by atoms with E-state index in [-0.39, 0.29) is 24.9 Å². The fraction of sp³-hybridized carbons (Fsp3) is 0.750. The molecule has 0 bridgehead atoms. The van der Waals surface area contributed by atoms with Crippen molar-refractivity contribution in [2.45, 2.75) is 264 Å². The van der Waals surface area contributed by atoms with Crippen molar-refractivity contribution in [1.29, 1.82) is 0 Å². The Kier molecular flexibility index (Phi) is 47.2. The minimum absolute atomic E-state index is 0.0517. The Morgan fingerprint density at radius 1 is 0.500 bits per heavy atom. The van der Waals surface area contributed by atoms with Gasteiger partial charge in [-0.15, -0.1) is 0 Å². The molecule has 62 heavy (non-hydrogen) atoms. The van der Waals surface area contributed by atoms with Crippen LogP contribution in [0.2, 0.25) is 0 Å². The average molecular weight is 866 g/mol. The molecule has 0 aliphatic rings. The number of rotatable bonds is 46. The summed E-state index contributed by atoms with van der Waals surface area (Å²) < 4.78 is 5.91. The van der Waals surface area contributed by atoms with E-state index in [4.69, 9.17) is 4.74 Å². The number of carbonyl (C=O) groups excluding carboxylic acids is 2. The van der Waals surface area contributed by atoms with Crippen LogP contribution in [0.4, 0.5) is 0 Å². The second-order valence-corrected chi connectivity index (χ2v) is 17.6. The van der Waals surface area contributed by atoms with Gasteiger partial charge in [-0.2, -0.15) is 0 Å². The molecule has 0 aromatic carbocycles. The first-order valence-electron chi connectivity index (χ1n) is 26.2. The van der Waals surface area contributed by atoms with Gasteiger partial charge in [0.05, 0.1) is 25.2 Å². The third-order valence-electron chi connectivity index (χ3n) is 11.6. The standard InChI is InChI=1S/C56H99NO5/c1-4-7-10-13-16-19-22-25-27-28-31-33-36-39-42-45-48-54(59)53(51-58)57-55(60)50-52(47-44-41-38-35-32-30-26-23-20-17-14-11-8-5-2)62-56(61)49-46-43-40-37-34-29-24-21-18-15-12-9-6-3/h8-9,11-12,15,17-18,20-21,24,26,30,52-54,58-59H,4-7,10,13-14,16,19,22-23,25,27-29,31-51H2,1-3H3,(H,57,60)/b11-8+,12-9+,18-15+,20-17+,24-21-,30-26+. The lowest BCUT2D eigenvalue weighted by Gasteiger charge is -2.24. The van der Waals surface area contributed by atoms with Gasteiger partial charge in [-0.1, -0.05) is 229 Å². The van der Waals surface area contributed by atoms with E-state index in [0.29, 0.717) is 19.3 Å². The summed E-state index contributed by atoms with van der Waals surface area (Å²) in [7, 11) is 0. The lowest BCUT2D eigenvalue weighted by atomic mass is 10.0. The van der Waals surface area contributed by atoms with Crippen LogP contribution in [0, 0.1) is 0 Å². The fourth-order valence-electron chi connectivity index (χ4n) is 7.68. The Hall–Kier alpha value is -2.70. The molecule has 3 atom stereocenters. The van der Waals surface area contributed by atoms with E-state index in [1.165, 1.54) is 83.5 Å². The summed E-state index contributed by atoms with van der Waals surface area (Å²) in [5.41, 5.74) is 0. The summed E-state index contributed by atoms with van der Waals surface area (Å²) in [5, 5.41) is 23.8. The Labute approximate surface area is 383 Å². The lowest BCUT2D eigenvalue weighted by molar-refractivity contribution is -0.151. The molecule has 0 aliphatic heterocycles. The largest absolute Gasteiger partial charge is 0.462 e. The normalized spacial score (nSPS) is 13.8. The van der Waals surface area contributed by atoms with Gasteiger partial charge in [-0.3, -0.25) is 9.59 Å². The quantitative estimate of drug-likeness (QED) is 0.0245. The molecule has 6 nitrogen and oxygen atoms in total. The van der Waals surface area contributed by atoms with E-state index in [2.05, 4.69) is 99.0 Å². The lowest BCUT2D eigenvalue weighted by Crippen LogP contribution is -2.46. The summed E-state index contributed by atoms with van der Waals surface area (Å²) in [6, 6.07) is -0.716. The number of aliphatic hydroxyl groups excluding tert-OH is 2. The van der Waals surface area contributed by atoms with E-state index in [0.717, 1.165) is 116 Å². The van der Waals surface area contributed by atoms with Crippen molar-refractivity contribution in [1.82, 2.24) is 5.32 Å². The molecule has 0 aromatic heterocycles.